The fraction of sp³-hybridized carbons (Fsp3) is 0.400. The summed E-state index contributed by atoms with van der Waals surface area (Å²) in [5.74, 6) is 1.35. The molecule has 6 heteroatoms. The molecule has 0 bridgehead atoms. The minimum absolute atomic E-state index is 0.228. The maximum absolute atomic E-state index is 12.1. The van der Waals surface area contributed by atoms with Crippen LogP contribution in [0, 0.1) is 0 Å². The molecule has 6 nitrogen and oxygen atoms in total. The Morgan fingerprint density at radius 3 is 2.77 bits per heavy atom. The summed E-state index contributed by atoms with van der Waals surface area (Å²) in [5, 5.41) is 5.68. The van der Waals surface area contributed by atoms with E-state index in [4.69, 9.17) is 9.47 Å². The largest absolute Gasteiger partial charge is 0.493 e. The minimum atomic E-state index is -0.252. The summed E-state index contributed by atoms with van der Waals surface area (Å²) in [4.78, 5) is 16.3. The van der Waals surface area contributed by atoms with Crippen LogP contribution in [0.1, 0.15) is 31.4 Å². The van der Waals surface area contributed by atoms with Gasteiger partial charge in [0.15, 0.2) is 11.5 Å². The molecule has 1 fully saturated rings. The zero-order chi connectivity index (χ0) is 18.2. The number of amides is 2. The highest BCUT2D eigenvalue weighted by Crippen LogP contribution is 2.33. The van der Waals surface area contributed by atoms with Crippen LogP contribution in [-0.2, 0) is 6.42 Å². The zero-order valence-electron chi connectivity index (χ0n) is 15.0. The summed E-state index contributed by atoms with van der Waals surface area (Å²) >= 11 is 0. The van der Waals surface area contributed by atoms with Crippen LogP contribution >= 0.6 is 0 Å². The van der Waals surface area contributed by atoms with E-state index in [9.17, 15) is 4.79 Å². The Bertz CT molecular complexity index is 715. The second-order valence-electron chi connectivity index (χ2n) is 6.34. The SMILES string of the molecule is COc1ccc(NC(=O)NCCc2ccccn2)cc1OC1CCCC1. The molecule has 1 saturated carbocycles. The maximum Gasteiger partial charge on any atom is 0.319 e. The number of benzene rings is 1. The molecule has 2 amide bonds. The molecule has 0 saturated heterocycles. The Morgan fingerprint density at radius 1 is 1.19 bits per heavy atom. The van der Waals surface area contributed by atoms with Gasteiger partial charge < -0.3 is 20.1 Å². The molecule has 0 radical (unpaired) electrons. The Balaban J connectivity index is 1.53. The van der Waals surface area contributed by atoms with Crippen molar-refractivity contribution in [1.29, 1.82) is 0 Å². The number of carbonyl (C=O) groups is 1. The summed E-state index contributed by atoms with van der Waals surface area (Å²) in [5.41, 5.74) is 1.62. The first-order valence-electron chi connectivity index (χ1n) is 9.04. The van der Waals surface area contributed by atoms with Crippen LogP contribution in [0.2, 0.25) is 0 Å². The van der Waals surface area contributed by atoms with E-state index in [0.717, 1.165) is 18.5 Å². The third-order valence-corrected chi connectivity index (χ3v) is 4.41. The van der Waals surface area contributed by atoms with Crippen molar-refractivity contribution in [2.24, 2.45) is 0 Å². The Morgan fingerprint density at radius 2 is 2.04 bits per heavy atom. The number of nitrogens with one attached hydrogen (secondary N) is 2. The van der Waals surface area contributed by atoms with Crippen molar-refractivity contribution in [3.63, 3.8) is 0 Å². The lowest BCUT2D eigenvalue weighted by Gasteiger charge is -2.17. The molecule has 0 atom stereocenters. The summed E-state index contributed by atoms with van der Waals surface area (Å²) in [6, 6.07) is 10.9. The van der Waals surface area contributed by atoms with E-state index >= 15 is 0 Å². The van der Waals surface area contributed by atoms with Crippen molar-refractivity contribution in [3.05, 3.63) is 48.3 Å². The van der Waals surface area contributed by atoms with E-state index in [1.807, 2.05) is 30.3 Å². The number of urea groups is 1. The Hall–Kier alpha value is -2.76. The van der Waals surface area contributed by atoms with E-state index in [-0.39, 0.29) is 12.1 Å². The van der Waals surface area contributed by atoms with Gasteiger partial charge >= 0.3 is 6.03 Å². The molecule has 1 aromatic carbocycles. The summed E-state index contributed by atoms with van der Waals surface area (Å²) in [6.07, 6.45) is 7.19. The molecule has 0 unspecified atom stereocenters. The van der Waals surface area contributed by atoms with Gasteiger partial charge in [0.25, 0.3) is 0 Å². The van der Waals surface area contributed by atoms with Gasteiger partial charge in [-0.25, -0.2) is 4.79 Å². The third-order valence-electron chi connectivity index (χ3n) is 4.41. The van der Waals surface area contributed by atoms with Crippen molar-refractivity contribution in [2.75, 3.05) is 19.0 Å². The smallest absolute Gasteiger partial charge is 0.319 e. The first-order valence-corrected chi connectivity index (χ1v) is 9.04. The molecule has 1 aliphatic rings. The lowest BCUT2D eigenvalue weighted by molar-refractivity contribution is 0.201. The fourth-order valence-corrected chi connectivity index (χ4v) is 3.06. The fourth-order valence-electron chi connectivity index (χ4n) is 3.06. The van der Waals surface area contributed by atoms with Crippen molar-refractivity contribution in [3.8, 4) is 11.5 Å². The summed E-state index contributed by atoms with van der Waals surface area (Å²) < 4.78 is 11.4. The van der Waals surface area contributed by atoms with Gasteiger partial charge in [0.05, 0.1) is 13.2 Å². The number of ether oxygens (including phenoxy) is 2. The van der Waals surface area contributed by atoms with E-state index in [1.165, 1.54) is 12.8 Å². The summed E-state index contributed by atoms with van der Waals surface area (Å²) in [6.45, 7) is 0.518. The number of aromatic nitrogens is 1. The number of anilines is 1. The van der Waals surface area contributed by atoms with Gasteiger partial charge in [0.2, 0.25) is 0 Å². The zero-order valence-corrected chi connectivity index (χ0v) is 15.0. The van der Waals surface area contributed by atoms with Crippen LogP contribution in [0.15, 0.2) is 42.6 Å². The molecule has 0 aliphatic heterocycles. The Labute approximate surface area is 153 Å². The standard InChI is InChI=1S/C20H25N3O3/c1-25-18-10-9-16(14-19(18)26-17-7-2-3-8-17)23-20(24)22-13-11-15-6-4-5-12-21-15/h4-6,9-10,12,14,17H,2-3,7-8,11,13H2,1H3,(H2,22,23,24). The minimum Gasteiger partial charge on any atom is -0.493 e. The van der Waals surface area contributed by atoms with E-state index in [2.05, 4.69) is 15.6 Å². The van der Waals surface area contributed by atoms with Crippen LogP contribution in [0.4, 0.5) is 10.5 Å². The third kappa shape index (κ3) is 5.12. The van der Waals surface area contributed by atoms with Crippen LogP contribution in [0.5, 0.6) is 11.5 Å². The topological polar surface area (TPSA) is 72.5 Å². The summed E-state index contributed by atoms with van der Waals surface area (Å²) in [7, 11) is 1.62. The quantitative estimate of drug-likeness (QED) is 0.793. The van der Waals surface area contributed by atoms with Gasteiger partial charge in [-0.2, -0.15) is 0 Å². The van der Waals surface area contributed by atoms with Gasteiger partial charge in [-0.05, 0) is 49.9 Å². The van der Waals surface area contributed by atoms with Gasteiger partial charge in [-0.3, -0.25) is 4.98 Å². The normalized spacial score (nSPS) is 14.0. The predicted octanol–water partition coefficient (Wildman–Crippen LogP) is 3.78. The second-order valence-corrected chi connectivity index (χ2v) is 6.34. The number of hydrogen-bond donors (Lipinski definition) is 2. The molecule has 26 heavy (non-hydrogen) atoms. The number of nitrogens with zero attached hydrogens (tertiary/aromatic N) is 1. The van der Waals surface area contributed by atoms with E-state index in [0.29, 0.717) is 30.2 Å². The molecule has 1 aliphatic carbocycles. The average Bonchev–Trinajstić information content (AvgIpc) is 3.16. The molecular weight excluding hydrogens is 330 g/mol. The lowest BCUT2D eigenvalue weighted by Crippen LogP contribution is -2.30. The molecule has 138 valence electrons. The number of methoxy groups -OCH3 is 1. The van der Waals surface area contributed by atoms with Gasteiger partial charge in [-0.15, -0.1) is 0 Å². The molecule has 1 heterocycles. The first-order chi connectivity index (χ1) is 12.7. The van der Waals surface area contributed by atoms with Crippen LogP contribution in [0.3, 0.4) is 0 Å². The molecule has 2 N–H and O–H groups in total. The number of hydrogen-bond acceptors (Lipinski definition) is 4. The van der Waals surface area contributed by atoms with Crippen molar-refractivity contribution < 1.29 is 14.3 Å². The highest BCUT2D eigenvalue weighted by molar-refractivity contribution is 5.89. The van der Waals surface area contributed by atoms with Crippen LogP contribution < -0.4 is 20.1 Å². The molecule has 1 aromatic heterocycles. The molecule has 2 aromatic rings. The number of carbonyl (C=O) groups excluding carboxylic acids is 1. The van der Waals surface area contributed by atoms with E-state index < -0.39 is 0 Å². The molecular formula is C20H25N3O3. The highest BCUT2D eigenvalue weighted by atomic mass is 16.5. The molecule has 0 spiro atoms. The predicted molar refractivity (Wildman–Crippen MR) is 101 cm³/mol. The van der Waals surface area contributed by atoms with E-state index in [1.54, 1.807) is 19.4 Å². The van der Waals surface area contributed by atoms with Gasteiger partial charge in [0, 0.05) is 36.6 Å². The van der Waals surface area contributed by atoms with Crippen molar-refractivity contribution in [2.45, 2.75) is 38.2 Å². The van der Waals surface area contributed by atoms with Crippen molar-refractivity contribution in [1.82, 2.24) is 10.3 Å². The average molecular weight is 355 g/mol. The monoisotopic (exact) mass is 355 g/mol. The van der Waals surface area contributed by atoms with Gasteiger partial charge in [-0.1, -0.05) is 6.07 Å². The van der Waals surface area contributed by atoms with Crippen molar-refractivity contribution >= 4 is 11.7 Å². The van der Waals surface area contributed by atoms with Crippen LogP contribution in [0.25, 0.3) is 0 Å². The Kier molecular flexibility index (Phi) is 6.30. The highest BCUT2D eigenvalue weighted by Gasteiger charge is 2.18. The number of pyridine rings is 1. The molecule has 3 rings (SSSR count). The maximum atomic E-state index is 12.1. The lowest BCUT2D eigenvalue weighted by atomic mass is 10.2. The first kappa shape index (κ1) is 18.0. The van der Waals surface area contributed by atoms with Crippen LogP contribution in [-0.4, -0.2) is 30.8 Å². The van der Waals surface area contributed by atoms with Gasteiger partial charge in [0.1, 0.15) is 0 Å². The number of rotatable bonds is 7. The second kappa shape index (κ2) is 9.08.